The van der Waals surface area contributed by atoms with Gasteiger partial charge in [0.2, 0.25) is 0 Å². The zero-order valence-electron chi connectivity index (χ0n) is 10.6. The third kappa shape index (κ3) is 2.28. The van der Waals surface area contributed by atoms with Crippen LogP contribution >= 0.6 is 0 Å². The second-order valence-electron chi connectivity index (χ2n) is 4.75. The Balaban J connectivity index is 2.19. The lowest BCUT2D eigenvalue weighted by molar-refractivity contribution is 0.185. The molecule has 1 aliphatic heterocycles. The molecule has 0 radical (unpaired) electrons. The molecule has 0 amide bonds. The van der Waals surface area contributed by atoms with E-state index in [1.165, 1.54) is 16.7 Å². The molecule has 1 aromatic carbocycles. The fourth-order valence-corrected chi connectivity index (χ4v) is 2.49. The molecule has 0 aromatic heterocycles. The van der Waals surface area contributed by atoms with Crippen molar-refractivity contribution >= 4 is 0 Å². The van der Waals surface area contributed by atoms with Crippen molar-refractivity contribution in [3.63, 3.8) is 0 Å². The lowest BCUT2D eigenvalue weighted by atomic mass is 9.97. The zero-order valence-corrected chi connectivity index (χ0v) is 10.6. The first-order valence-electron chi connectivity index (χ1n) is 6.21. The average molecular weight is 218 g/mol. The summed E-state index contributed by atoms with van der Waals surface area (Å²) in [5, 5.41) is 3.41. The highest BCUT2D eigenvalue weighted by molar-refractivity contribution is 5.35. The summed E-state index contributed by atoms with van der Waals surface area (Å²) < 4.78 is 0. The highest BCUT2D eigenvalue weighted by atomic mass is 15.2. The van der Waals surface area contributed by atoms with Crippen LogP contribution < -0.4 is 5.32 Å². The van der Waals surface area contributed by atoms with Crippen molar-refractivity contribution in [1.29, 1.82) is 0 Å². The van der Waals surface area contributed by atoms with Crippen molar-refractivity contribution < 1.29 is 0 Å². The van der Waals surface area contributed by atoms with E-state index in [1.807, 2.05) is 0 Å². The van der Waals surface area contributed by atoms with E-state index in [-0.39, 0.29) is 0 Å². The van der Waals surface area contributed by atoms with Crippen LogP contribution in [-0.2, 0) is 0 Å². The van der Waals surface area contributed by atoms with Gasteiger partial charge in [-0.15, -0.1) is 0 Å². The molecular formula is C14H22N2. The van der Waals surface area contributed by atoms with Crippen molar-refractivity contribution in [2.75, 3.05) is 26.2 Å². The molecule has 1 atom stereocenters. The number of piperazine rings is 1. The number of nitrogens with one attached hydrogen (secondary N) is 1. The van der Waals surface area contributed by atoms with Gasteiger partial charge in [-0.05, 0) is 37.5 Å². The van der Waals surface area contributed by atoms with Gasteiger partial charge >= 0.3 is 0 Å². The largest absolute Gasteiger partial charge is 0.314 e. The molecule has 1 aromatic rings. The molecule has 2 nitrogen and oxygen atoms in total. The van der Waals surface area contributed by atoms with Crippen LogP contribution in [0.25, 0.3) is 0 Å². The smallest absolute Gasteiger partial charge is 0.0323 e. The summed E-state index contributed by atoms with van der Waals surface area (Å²) in [6, 6.07) is 7.19. The highest BCUT2D eigenvalue weighted by Gasteiger charge is 2.19. The fraction of sp³-hybridized carbons (Fsp3) is 0.571. The first-order valence-corrected chi connectivity index (χ1v) is 6.21. The molecule has 0 saturated carbocycles. The van der Waals surface area contributed by atoms with Crippen LogP contribution in [0.2, 0.25) is 0 Å². The van der Waals surface area contributed by atoms with Crippen molar-refractivity contribution in [2.45, 2.75) is 26.8 Å². The molecule has 1 unspecified atom stereocenters. The second-order valence-corrected chi connectivity index (χ2v) is 4.75. The predicted octanol–water partition coefficient (Wildman–Crippen LogP) is 2.27. The van der Waals surface area contributed by atoms with Crippen LogP contribution in [0.1, 0.15) is 29.7 Å². The number of benzene rings is 1. The normalized spacial score (nSPS) is 19.7. The molecule has 16 heavy (non-hydrogen) atoms. The van der Waals surface area contributed by atoms with Crippen molar-refractivity contribution in [2.24, 2.45) is 0 Å². The number of rotatable bonds is 2. The first kappa shape index (κ1) is 11.6. The molecule has 1 N–H and O–H groups in total. The van der Waals surface area contributed by atoms with Crippen LogP contribution in [0.5, 0.6) is 0 Å². The monoisotopic (exact) mass is 218 g/mol. The standard InChI is InChI=1S/C14H22N2/c1-11-5-4-6-14(12(11)2)13(3)16-9-7-15-8-10-16/h4-6,13,15H,7-10H2,1-3H3. The van der Waals surface area contributed by atoms with Gasteiger partial charge in [0.25, 0.3) is 0 Å². The zero-order chi connectivity index (χ0) is 11.5. The molecule has 0 bridgehead atoms. The van der Waals surface area contributed by atoms with Crippen molar-refractivity contribution in [1.82, 2.24) is 10.2 Å². The number of hydrogen-bond donors (Lipinski definition) is 1. The van der Waals surface area contributed by atoms with Gasteiger partial charge in [-0.2, -0.15) is 0 Å². The molecule has 1 saturated heterocycles. The maximum Gasteiger partial charge on any atom is 0.0323 e. The molecule has 2 heteroatoms. The van der Waals surface area contributed by atoms with E-state index >= 15 is 0 Å². The van der Waals surface area contributed by atoms with Crippen molar-refractivity contribution in [3.8, 4) is 0 Å². The first-order chi connectivity index (χ1) is 7.70. The minimum atomic E-state index is 0.544. The highest BCUT2D eigenvalue weighted by Crippen LogP contribution is 2.25. The summed E-state index contributed by atoms with van der Waals surface area (Å²) in [4.78, 5) is 2.57. The van der Waals surface area contributed by atoms with Crippen LogP contribution in [-0.4, -0.2) is 31.1 Å². The van der Waals surface area contributed by atoms with Gasteiger partial charge in [-0.3, -0.25) is 4.90 Å². The second kappa shape index (κ2) is 4.98. The summed E-state index contributed by atoms with van der Waals surface area (Å²) in [5.74, 6) is 0. The van der Waals surface area contributed by atoms with E-state index in [0.29, 0.717) is 6.04 Å². The summed E-state index contributed by atoms with van der Waals surface area (Å²) >= 11 is 0. The Kier molecular flexibility index (Phi) is 3.62. The Bertz CT molecular complexity index is 354. The Labute approximate surface area is 98.7 Å². The van der Waals surface area contributed by atoms with Gasteiger partial charge in [0.1, 0.15) is 0 Å². The maximum atomic E-state index is 3.41. The topological polar surface area (TPSA) is 15.3 Å². The Morgan fingerprint density at radius 1 is 1.19 bits per heavy atom. The van der Waals surface area contributed by atoms with E-state index in [4.69, 9.17) is 0 Å². The lowest BCUT2D eigenvalue weighted by Gasteiger charge is -2.34. The summed E-state index contributed by atoms with van der Waals surface area (Å²) in [5.41, 5.74) is 4.34. The lowest BCUT2D eigenvalue weighted by Crippen LogP contribution is -2.44. The van der Waals surface area contributed by atoms with Gasteiger partial charge in [-0.25, -0.2) is 0 Å². The average Bonchev–Trinajstić information content (AvgIpc) is 2.33. The predicted molar refractivity (Wildman–Crippen MR) is 68.8 cm³/mol. The van der Waals surface area contributed by atoms with E-state index in [9.17, 15) is 0 Å². The maximum absolute atomic E-state index is 3.41. The van der Waals surface area contributed by atoms with E-state index in [0.717, 1.165) is 26.2 Å². The van der Waals surface area contributed by atoms with Gasteiger partial charge in [0.05, 0.1) is 0 Å². The molecule has 88 valence electrons. The molecule has 0 spiro atoms. The summed E-state index contributed by atoms with van der Waals surface area (Å²) in [6.07, 6.45) is 0. The molecule has 0 aliphatic carbocycles. The fourth-order valence-electron chi connectivity index (χ4n) is 2.49. The van der Waals surface area contributed by atoms with E-state index in [1.54, 1.807) is 0 Å². The third-order valence-electron chi connectivity index (χ3n) is 3.80. The van der Waals surface area contributed by atoms with E-state index < -0.39 is 0 Å². The number of hydrogen-bond acceptors (Lipinski definition) is 2. The Morgan fingerprint density at radius 2 is 1.88 bits per heavy atom. The molecular weight excluding hydrogens is 196 g/mol. The van der Waals surface area contributed by atoms with Gasteiger partial charge in [0, 0.05) is 32.2 Å². The minimum Gasteiger partial charge on any atom is -0.314 e. The van der Waals surface area contributed by atoms with Gasteiger partial charge in [-0.1, -0.05) is 18.2 Å². The summed E-state index contributed by atoms with van der Waals surface area (Å²) in [7, 11) is 0. The van der Waals surface area contributed by atoms with Crippen molar-refractivity contribution in [3.05, 3.63) is 34.9 Å². The molecule has 1 fully saturated rings. The van der Waals surface area contributed by atoms with Crippen LogP contribution in [0.4, 0.5) is 0 Å². The summed E-state index contributed by atoms with van der Waals surface area (Å²) in [6.45, 7) is 11.3. The third-order valence-corrected chi connectivity index (χ3v) is 3.80. The number of aryl methyl sites for hydroxylation is 1. The molecule has 1 aliphatic rings. The van der Waals surface area contributed by atoms with Crippen LogP contribution in [0.15, 0.2) is 18.2 Å². The van der Waals surface area contributed by atoms with Gasteiger partial charge in [0.15, 0.2) is 0 Å². The Hall–Kier alpha value is -0.860. The molecule has 1 heterocycles. The quantitative estimate of drug-likeness (QED) is 0.819. The van der Waals surface area contributed by atoms with Crippen LogP contribution in [0.3, 0.4) is 0 Å². The number of nitrogens with zero attached hydrogens (tertiary/aromatic N) is 1. The Morgan fingerprint density at radius 3 is 2.56 bits per heavy atom. The molecule has 2 rings (SSSR count). The minimum absolute atomic E-state index is 0.544. The van der Waals surface area contributed by atoms with Crippen LogP contribution in [0, 0.1) is 13.8 Å². The SMILES string of the molecule is Cc1cccc(C(C)N2CCNCC2)c1C. The van der Waals surface area contributed by atoms with Gasteiger partial charge < -0.3 is 5.32 Å². The van der Waals surface area contributed by atoms with E-state index in [2.05, 4.69) is 49.2 Å².